The average Bonchev–Trinajstić information content (AvgIpc) is 2.80. The summed E-state index contributed by atoms with van der Waals surface area (Å²) in [5.41, 5.74) is 0.790. The largest absolute Gasteiger partial charge is 0.383 e. The van der Waals surface area contributed by atoms with Crippen molar-refractivity contribution < 1.29 is 9.90 Å². The number of aliphatic hydroxyl groups excluding tert-OH is 1. The molecule has 0 aliphatic heterocycles. The molecule has 2 unspecified atom stereocenters. The van der Waals surface area contributed by atoms with Crippen molar-refractivity contribution in [2.45, 2.75) is 45.3 Å². The van der Waals surface area contributed by atoms with Gasteiger partial charge in [0.15, 0.2) is 0 Å². The fourth-order valence-corrected chi connectivity index (χ4v) is 2.69. The fraction of sp³-hybridized carbons (Fsp3) is 0.571. The molecule has 5 heteroatoms. The van der Waals surface area contributed by atoms with Crippen LogP contribution in [-0.2, 0) is 11.2 Å². The number of hydrogen-bond donors (Lipinski definition) is 2. The van der Waals surface area contributed by atoms with Gasteiger partial charge in [0.25, 0.3) is 0 Å². The van der Waals surface area contributed by atoms with E-state index in [0.717, 1.165) is 16.5 Å². The molecule has 1 amide bonds. The maximum Gasteiger partial charge on any atom is 0.249 e. The van der Waals surface area contributed by atoms with Crippen LogP contribution in [0.25, 0.3) is 0 Å². The van der Waals surface area contributed by atoms with E-state index < -0.39 is 6.10 Å². The third-order valence-electron chi connectivity index (χ3n) is 4.14. The van der Waals surface area contributed by atoms with E-state index in [9.17, 15) is 9.90 Å². The SMILES string of the molecule is CC1(C)CC1(C)NC(=O)C(O)Cc1ccncc1Br. The van der Waals surface area contributed by atoms with Crippen LogP contribution in [0, 0.1) is 5.41 Å². The molecule has 0 saturated heterocycles. The van der Waals surface area contributed by atoms with E-state index in [1.165, 1.54) is 0 Å². The predicted octanol–water partition coefficient (Wildman–Crippen LogP) is 2.05. The number of carbonyl (C=O) groups is 1. The van der Waals surface area contributed by atoms with E-state index >= 15 is 0 Å². The minimum atomic E-state index is -1.04. The number of amides is 1. The molecule has 1 aliphatic carbocycles. The molecule has 19 heavy (non-hydrogen) atoms. The van der Waals surface area contributed by atoms with E-state index in [0.29, 0.717) is 0 Å². The first kappa shape index (κ1) is 14.5. The van der Waals surface area contributed by atoms with Crippen molar-refractivity contribution in [3.8, 4) is 0 Å². The molecule has 1 aliphatic rings. The zero-order valence-electron chi connectivity index (χ0n) is 11.4. The molecule has 0 aromatic carbocycles. The number of carbonyl (C=O) groups excluding carboxylic acids is 1. The number of rotatable bonds is 4. The summed E-state index contributed by atoms with van der Waals surface area (Å²) < 4.78 is 0.805. The van der Waals surface area contributed by atoms with Gasteiger partial charge >= 0.3 is 0 Å². The Morgan fingerprint density at radius 1 is 1.58 bits per heavy atom. The van der Waals surface area contributed by atoms with Gasteiger partial charge in [-0.25, -0.2) is 0 Å². The van der Waals surface area contributed by atoms with Gasteiger partial charge in [0.2, 0.25) is 5.91 Å². The van der Waals surface area contributed by atoms with E-state index in [1.54, 1.807) is 18.5 Å². The second-order valence-electron chi connectivity index (χ2n) is 6.07. The van der Waals surface area contributed by atoms with Crippen molar-refractivity contribution >= 4 is 21.8 Å². The van der Waals surface area contributed by atoms with Gasteiger partial charge in [-0.2, -0.15) is 0 Å². The van der Waals surface area contributed by atoms with Crippen molar-refractivity contribution in [2.24, 2.45) is 5.41 Å². The monoisotopic (exact) mass is 326 g/mol. The van der Waals surface area contributed by atoms with Gasteiger partial charge in [0.05, 0.1) is 0 Å². The van der Waals surface area contributed by atoms with Gasteiger partial charge in [0.1, 0.15) is 6.10 Å². The Bertz CT molecular complexity index is 504. The molecule has 2 atom stereocenters. The number of halogens is 1. The minimum Gasteiger partial charge on any atom is -0.383 e. The number of hydrogen-bond acceptors (Lipinski definition) is 3. The topological polar surface area (TPSA) is 62.2 Å². The first-order valence-corrected chi connectivity index (χ1v) is 7.13. The third kappa shape index (κ3) is 2.98. The van der Waals surface area contributed by atoms with E-state index in [2.05, 4.69) is 40.1 Å². The highest BCUT2D eigenvalue weighted by molar-refractivity contribution is 9.10. The normalized spacial score (nSPS) is 25.7. The van der Waals surface area contributed by atoms with Crippen LogP contribution in [-0.4, -0.2) is 27.6 Å². The van der Waals surface area contributed by atoms with Gasteiger partial charge < -0.3 is 10.4 Å². The highest BCUT2D eigenvalue weighted by Gasteiger charge is 2.58. The van der Waals surface area contributed by atoms with Crippen LogP contribution >= 0.6 is 15.9 Å². The number of aliphatic hydroxyl groups is 1. The van der Waals surface area contributed by atoms with Crippen LogP contribution in [0.3, 0.4) is 0 Å². The molecule has 1 saturated carbocycles. The molecule has 1 aromatic rings. The Morgan fingerprint density at radius 2 is 2.21 bits per heavy atom. The molecule has 0 bridgehead atoms. The lowest BCUT2D eigenvalue weighted by Gasteiger charge is -2.20. The molecule has 2 rings (SSSR count). The summed E-state index contributed by atoms with van der Waals surface area (Å²) in [5, 5.41) is 12.9. The minimum absolute atomic E-state index is 0.111. The van der Waals surface area contributed by atoms with E-state index in [4.69, 9.17) is 0 Å². The maximum atomic E-state index is 12.0. The summed E-state index contributed by atoms with van der Waals surface area (Å²) in [6.45, 7) is 6.23. The molecular formula is C14H19BrN2O2. The van der Waals surface area contributed by atoms with E-state index in [1.807, 2.05) is 6.92 Å². The Kier molecular flexibility index (Phi) is 3.71. The summed E-state index contributed by atoms with van der Waals surface area (Å²) in [4.78, 5) is 16.0. The fourth-order valence-electron chi connectivity index (χ4n) is 2.28. The molecule has 1 fully saturated rings. The van der Waals surface area contributed by atoms with Crippen molar-refractivity contribution in [1.29, 1.82) is 0 Å². The molecule has 0 spiro atoms. The quantitative estimate of drug-likeness (QED) is 0.890. The third-order valence-corrected chi connectivity index (χ3v) is 4.85. The average molecular weight is 327 g/mol. The van der Waals surface area contributed by atoms with Crippen LogP contribution in [0.4, 0.5) is 0 Å². The second-order valence-corrected chi connectivity index (χ2v) is 6.92. The van der Waals surface area contributed by atoms with E-state index in [-0.39, 0.29) is 23.3 Å². The Hall–Kier alpha value is -0.940. The highest BCUT2D eigenvalue weighted by atomic mass is 79.9. The lowest BCUT2D eigenvalue weighted by atomic mass is 10.0. The Morgan fingerprint density at radius 3 is 2.74 bits per heavy atom. The lowest BCUT2D eigenvalue weighted by molar-refractivity contribution is -0.130. The van der Waals surface area contributed by atoms with Gasteiger partial charge in [-0.05, 0) is 46.3 Å². The van der Waals surface area contributed by atoms with Gasteiger partial charge in [-0.15, -0.1) is 0 Å². The first-order valence-electron chi connectivity index (χ1n) is 6.34. The van der Waals surface area contributed by atoms with Crippen LogP contribution in [0.1, 0.15) is 32.8 Å². The summed E-state index contributed by atoms with van der Waals surface area (Å²) in [7, 11) is 0. The molecule has 2 N–H and O–H groups in total. The first-order chi connectivity index (χ1) is 8.75. The molecule has 1 heterocycles. The van der Waals surface area contributed by atoms with Crippen LogP contribution < -0.4 is 5.32 Å². The maximum absolute atomic E-state index is 12.0. The summed E-state index contributed by atoms with van der Waals surface area (Å²) in [5.74, 6) is -0.309. The Labute approximate surface area is 121 Å². The van der Waals surface area contributed by atoms with Gasteiger partial charge in [-0.1, -0.05) is 13.8 Å². The van der Waals surface area contributed by atoms with Crippen molar-refractivity contribution in [3.05, 3.63) is 28.5 Å². The molecule has 4 nitrogen and oxygen atoms in total. The van der Waals surface area contributed by atoms with Crippen molar-refractivity contribution in [2.75, 3.05) is 0 Å². The highest BCUT2D eigenvalue weighted by Crippen LogP contribution is 2.55. The number of nitrogens with zero attached hydrogens (tertiary/aromatic N) is 1. The summed E-state index contributed by atoms with van der Waals surface area (Å²) in [6.07, 6.45) is 3.50. The molecular weight excluding hydrogens is 308 g/mol. The zero-order chi connectivity index (χ0) is 14.3. The second kappa shape index (κ2) is 4.87. The predicted molar refractivity (Wildman–Crippen MR) is 76.6 cm³/mol. The number of pyridine rings is 1. The smallest absolute Gasteiger partial charge is 0.249 e. The standard InChI is InChI=1S/C14H19BrN2O2/c1-13(2)8-14(13,3)17-12(19)11(18)6-9-4-5-16-7-10(9)15/h4-5,7,11,18H,6,8H2,1-3H3,(H,17,19). The molecule has 1 aromatic heterocycles. The summed E-state index contributed by atoms with van der Waals surface area (Å²) in [6, 6.07) is 1.79. The van der Waals surface area contributed by atoms with Gasteiger partial charge in [0, 0.05) is 28.8 Å². The van der Waals surface area contributed by atoms with Crippen LogP contribution in [0.15, 0.2) is 22.9 Å². The van der Waals surface area contributed by atoms with Gasteiger partial charge in [-0.3, -0.25) is 9.78 Å². The molecule has 104 valence electrons. The van der Waals surface area contributed by atoms with Crippen LogP contribution in [0.5, 0.6) is 0 Å². The van der Waals surface area contributed by atoms with Crippen molar-refractivity contribution in [3.63, 3.8) is 0 Å². The van der Waals surface area contributed by atoms with Crippen molar-refractivity contribution in [1.82, 2.24) is 10.3 Å². The number of aromatic nitrogens is 1. The Balaban J connectivity index is 1.96. The molecule has 0 radical (unpaired) electrons. The van der Waals surface area contributed by atoms with Crippen LogP contribution in [0.2, 0.25) is 0 Å². The zero-order valence-corrected chi connectivity index (χ0v) is 13.0. The summed E-state index contributed by atoms with van der Waals surface area (Å²) >= 11 is 3.36. The number of nitrogens with one attached hydrogen (secondary N) is 1. The lowest BCUT2D eigenvalue weighted by Crippen LogP contribution is -2.44.